The highest BCUT2D eigenvalue weighted by molar-refractivity contribution is 7.99. The first kappa shape index (κ1) is 7.56. The largest absolute Gasteiger partial charge is 0.330 e. The van der Waals surface area contributed by atoms with E-state index in [-0.39, 0.29) is 0 Å². The summed E-state index contributed by atoms with van der Waals surface area (Å²) in [6, 6.07) is 0. The highest BCUT2D eigenvalue weighted by atomic mass is 32.2. The Morgan fingerprint density at radius 1 is 1.70 bits per heavy atom. The Balaban J connectivity index is 2.42. The lowest BCUT2D eigenvalue weighted by atomic mass is 10.8. The molecule has 4 nitrogen and oxygen atoms in total. The van der Waals surface area contributed by atoms with Crippen LogP contribution in [0.5, 0.6) is 0 Å². The molecule has 0 aliphatic carbocycles. The summed E-state index contributed by atoms with van der Waals surface area (Å²) in [5, 5.41) is 4.22. The first-order chi connectivity index (χ1) is 4.83. The van der Waals surface area contributed by atoms with Crippen LogP contribution >= 0.6 is 11.8 Å². The molecule has 0 fully saturated rings. The maximum absolute atomic E-state index is 5.27. The molecule has 1 aromatic rings. The van der Waals surface area contributed by atoms with Gasteiger partial charge in [0.15, 0.2) is 5.82 Å². The van der Waals surface area contributed by atoms with Gasteiger partial charge >= 0.3 is 0 Å². The molecule has 1 aromatic heterocycles. The summed E-state index contributed by atoms with van der Waals surface area (Å²) >= 11 is 1.48. The lowest BCUT2D eigenvalue weighted by Gasteiger charge is -1.87. The van der Waals surface area contributed by atoms with Gasteiger partial charge in [-0.25, -0.2) is 0 Å². The van der Waals surface area contributed by atoms with Crippen LogP contribution in [0.3, 0.4) is 0 Å². The van der Waals surface area contributed by atoms with Gasteiger partial charge in [0.05, 0.1) is 0 Å². The Bertz CT molecular complexity index is 201. The monoisotopic (exact) mass is 159 g/mol. The Kier molecular flexibility index (Phi) is 2.70. The molecule has 0 bridgehead atoms. The van der Waals surface area contributed by atoms with Crippen LogP contribution in [0.25, 0.3) is 0 Å². The van der Waals surface area contributed by atoms with Crippen molar-refractivity contribution in [3.8, 4) is 0 Å². The number of hydrogen-bond donors (Lipinski definition) is 1. The van der Waals surface area contributed by atoms with Gasteiger partial charge in [0.25, 0.3) is 5.22 Å². The summed E-state index contributed by atoms with van der Waals surface area (Å²) in [6.07, 6.45) is 0. The van der Waals surface area contributed by atoms with Crippen LogP contribution in [0.4, 0.5) is 0 Å². The predicted octanol–water partition coefficient (Wildman–Crippen LogP) is 0.429. The van der Waals surface area contributed by atoms with Crippen LogP contribution in [-0.2, 0) is 0 Å². The van der Waals surface area contributed by atoms with E-state index in [0.29, 0.717) is 17.6 Å². The molecule has 5 heteroatoms. The maximum atomic E-state index is 5.27. The second-order valence-corrected chi connectivity index (χ2v) is 2.79. The van der Waals surface area contributed by atoms with Gasteiger partial charge in [-0.2, -0.15) is 4.98 Å². The van der Waals surface area contributed by atoms with E-state index in [1.165, 1.54) is 11.8 Å². The third-order valence-corrected chi connectivity index (χ3v) is 1.70. The standard InChI is InChI=1S/C5H9N3OS/c1-4-7-5(9-8-4)10-3-2-6/h2-3,6H2,1H3. The second-order valence-electron chi connectivity index (χ2n) is 1.74. The number of thioether (sulfide) groups is 1. The van der Waals surface area contributed by atoms with Crippen molar-refractivity contribution in [3.63, 3.8) is 0 Å². The van der Waals surface area contributed by atoms with Crippen molar-refractivity contribution in [2.45, 2.75) is 12.1 Å². The van der Waals surface area contributed by atoms with Crippen molar-refractivity contribution >= 4 is 11.8 Å². The Labute approximate surface area is 63.2 Å². The molecule has 0 unspecified atom stereocenters. The van der Waals surface area contributed by atoms with Gasteiger partial charge < -0.3 is 10.3 Å². The van der Waals surface area contributed by atoms with Crippen molar-refractivity contribution in [1.29, 1.82) is 0 Å². The van der Waals surface area contributed by atoms with Crippen molar-refractivity contribution in [2.75, 3.05) is 12.3 Å². The average molecular weight is 159 g/mol. The number of hydrogen-bond acceptors (Lipinski definition) is 5. The van der Waals surface area contributed by atoms with Gasteiger partial charge in [0.1, 0.15) is 0 Å². The smallest absolute Gasteiger partial charge is 0.285 e. The first-order valence-corrected chi connectivity index (χ1v) is 3.94. The van der Waals surface area contributed by atoms with E-state index in [1.807, 2.05) is 0 Å². The summed E-state index contributed by atoms with van der Waals surface area (Å²) in [6.45, 7) is 2.42. The molecule has 0 aromatic carbocycles. The summed E-state index contributed by atoms with van der Waals surface area (Å²) in [7, 11) is 0. The topological polar surface area (TPSA) is 64.9 Å². The molecule has 1 rings (SSSR count). The van der Waals surface area contributed by atoms with Crippen LogP contribution in [-0.4, -0.2) is 22.4 Å². The number of aromatic nitrogens is 2. The maximum Gasteiger partial charge on any atom is 0.285 e. The van der Waals surface area contributed by atoms with Crippen molar-refractivity contribution < 1.29 is 4.52 Å². The van der Waals surface area contributed by atoms with E-state index < -0.39 is 0 Å². The zero-order valence-corrected chi connectivity index (χ0v) is 6.52. The third kappa shape index (κ3) is 2.00. The molecular weight excluding hydrogens is 150 g/mol. The quantitative estimate of drug-likeness (QED) is 0.648. The van der Waals surface area contributed by atoms with Crippen molar-refractivity contribution in [2.24, 2.45) is 5.73 Å². The zero-order chi connectivity index (χ0) is 7.40. The minimum atomic E-state index is 0.600. The molecule has 0 radical (unpaired) electrons. The normalized spacial score (nSPS) is 10.2. The van der Waals surface area contributed by atoms with Crippen molar-refractivity contribution in [1.82, 2.24) is 10.1 Å². The highest BCUT2D eigenvalue weighted by Crippen LogP contribution is 2.12. The van der Waals surface area contributed by atoms with Crippen molar-refractivity contribution in [3.05, 3.63) is 5.82 Å². The Hall–Kier alpha value is -0.550. The second kappa shape index (κ2) is 3.58. The summed E-state index contributed by atoms with van der Waals surface area (Å²) in [4.78, 5) is 3.98. The summed E-state index contributed by atoms with van der Waals surface area (Å²) in [5.74, 6) is 1.49. The van der Waals surface area contributed by atoms with Crippen LogP contribution < -0.4 is 5.73 Å². The van der Waals surface area contributed by atoms with Crippen LogP contribution in [0.2, 0.25) is 0 Å². The van der Waals surface area contributed by atoms with Crippen LogP contribution in [0, 0.1) is 6.92 Å². The molecule has 0 aliphatic rings. The fraction of sp³-hybridized carbons (Fsp3) is 0.600. The van der Waals surface area contributed by atoms with Gasteiger partial charge in [-0.3, -0.25) is 0 Å². The molecule has 0 amide bonds. The number of nitrogens with zero attached hydrogens (tertiary/aromatic N) is 2. The molecule has 56 valence electrons. The number of rotatable bonds is 3. The van der Waals surface area contributed by atoms with E-state index in [4.69, 9.17) is 10.3 Å². The molecule has 0 saturated carbocycles. The zero-order valence-electron chi connectivity index (χ0n) is 5.70. The van der Waals surface area contributed by atoms with E-state index in [1.54, 1.807) is 6.92 Å². The highest BCUT2D eigenvalue weighted by Gasteiger charge is 2.00. The van der Waals surface area contributed by atoms with Gasteiger partial charge in [0.2, 0.25) is 0 Å². The fourth-order valence-corrected chi connectivity index (χ4v) is 1.06. The molecule has 2 N–H and O–H groups in total. The first-order valence-electron chi connectivity index (χ1n) is 2.96. The van der Waals surface area contributed by atoms with E-state index in [0.717, 1.165) is 5.75 Å². The van der Waals surface area contributed by atoms with E-state index in [9.17, 15) is 0 Å². The van der Waals surface area contributed by atoms with E-state index in [2.05, 4.69) is 10.1 Å². The van der Waals surface area contributed by atoms with Gasteiger partial charge in [-0.15, -0.1) is 0 Å². The average Bonchev–Trinajstić information content (AvgIpc) is 2.31. The lowest BCUT2D eigenvalue weighted by molar-refractivity contribution is 0.338. The summed E-state index contributed by atoms with van der Waals surface area (Å²) in [5.41, 5.74) is 5.27. The van der Waals surface area contributed by atoms with E-state index >= 15 is 0 Å². The van der Waals surface area contributed by atoms with Gasteiger partial charge in [-0.1, -0.05) is 16.9 Å². The van der Waals surface area contributed by atoms with Crippen LogP contribution in [0.15, 0.2) is 9.75 Å². The Morgan fingerprint density at radius 3 is 3.00 bits per heavy atom. The molecule has 0 atom stereocenters. The van der Waals surface area contributed by atoms with Gasteiger partial charge in [0, 0.05) is 12.3 Å². The molecule has 0 spiro atoms. The molecule has 0 aliphatic heterocycles. The SMILES string of the molecule is Cc1noc(SCCN)n1. The van der Waals surface area contributed by atoms with Crippen LogP contribution in [0.1, 0.15) is 5.82 Å². The minimum Gasteiger partial charge on any atom is -0.330 e. The third-order valence-electron chi connectivity index (χ3n) is 0.852. The predicted molar refractivity (Wildman–Crippen MR) is 38.8 cm³/mol. The number of aryl methyl sites for hydroxylation is 1. The fourth-order valence-electron chi connectivity index (χ4n) is 0.483. The molecule has 10 heavy (non-hydrogen) atoms. The minimum absolute atomic E-state index is 0.600. The molecule has 1 heterocycles. The van der Waals surface area contributed by atoms with Gasteiger partial charge in [-0.05, 0) is 6.92 Å². The lowest BCUT2D eigenvalue weighted by Crippen LogP contribution is -2.00. The molecular formula is C5H9N3OS. The molecule has 0 saturated heterocycles. The summed E-state index contributed by atoms with van der Waals surface area (Å²) < 4.78 is 4.81. The Morgan fingerprint density at radius 2 is 2.50 bits per heavy atom. The number of nitrogens with two attached hydrogens (primary N) is 1.